The Hall–Kier alpha value is -2.41. The van der Waals surface area contributed by atoms with Gasteiger partial charge in [-0.3, -0.25) is 4.98 Å². The number of nitrogens with two attached hydrogens (primary N) is 1. The summed E-state index contributed by atoms with van der Waals surface area (Å²) >= 11 is 6.30. The molecule has 0 spiro atoms. The van der Waals surface area contributed by atoms with E-state index in [1.54, 1.807) is 18.0 Å². The quantitative estimate of drug-likeness (QED) is 0.703. The topological polar surface area (TPSA) is 91.7 Å². The summed E-state index contributed by atoms with van der Waals surface area (Å²) in [5.41, 5.74) is 10.1. The van der Waals surface area contributed by atoms with Crippen LogP contribution in [-0.4, -0.2) is 31.8 Å². The number of ether oxygens (including phenoxy) is 1. The van der Waals surface area contributed by atoms with Crippen molar-refractivity contribution in [3.05, 3.63) is 33.9 Å². The van der Waals surface area contributed by atoms with Gasteiger partial charge < -0.3 is 10.5 Å². The molecular formula is C17H21ClN6O. The molecule has 0 amide bonds. The van der Waals surface area contributed by atoms with Gasteiger partial charge in [0.15, 0.2) is 5.65 Å². The van der Waals surface area contributed by atoms with Gasteiger partial charge in [-0.2, -0.15) is 10.1 Å². The molecular weight excluding hydrogens is 340 g/mol. The fourth-order valence-corrected chi connectivity index (χ4v) is 3.29. The number of nitrogens with zero attached hydrogens (tertiary/aromatic N) is 5. The molecule has 0 radical (unpaired) electrons. The van der Waals surface area contributed by atoms with Crippen molar-refractivity contribution in [3.63, 3.8) is 0 Å². The molecule has 3 aromatic rings. The first-order chi connectivity index (χ1) is 12.0. The fraction of sp³-hybridized carbons (Fsp3) is 0.412. The third kappa shape index (κ3) is 3.11. The highest BCUT2D eigenvalue weighted by atomic mass is 35.5. The highest BCUT2D eigenvalue weighted by molar-refractivity contribution is 6.34. The van der Waals surface area contributed by atoms with Gasteiger partial charge >= 0.3 is 0 Å². The molecule has 3 heterocycles. The van der Waals surface area contributed by atoms with Crippen LogP contribution in [-0.2, 0) is 13.0 Å². The van der Waals surface area contributed by atoms with E-state index in [4.69, 9.17) is 22.1 Å². The molecule has 2 N–H and O–H groups in total. The maximum absolute atomic E-state index is 6.30. The second-order valence-corrected chi connectivity index (χ2v) is 6.33. The molecule has 0 aromatic carbocycles. The molecule has 0 saturated heterocycles. The van der Waals surface area contributed by atoms with Crippen molar-refractivity contribution in [3.8, 4) is 5.75 Å². The van der Waals surface area contributed by atoms with Crippen molar-refractivity contribution >= 4 is 28.6 Å². The molecule has 3 rings (SSSR count). The summed E-state index contributed by atoms with van der Waals surface area (Å²) in [7, 11) is 1.66. The van der Waals surface area contributed by atoms with Crippen LogP contribution in [0.25, 0.3) is 11.0 Å². The van der Waals surface area contributed by atoms with Crippen LogP contribution < -0.4 is 10.5 Å². The van der Waals surface area contributed by atoms with Gasteiger partial charge in [-0.15, -0.1) is 0 Å². The van der Waals surface area contributed by atoms with Gasteiger partial charge in [0.05, 0.1) is 30.4 Å². The van der Waals surface area contributed by atoms with Crippen molar-refractivity contribution in [1.82, 2.24) is 24.7 Å². The number of hydrogen-bond donors (Lipinski definition) is 1. The summed E-state index contributed by atoms with van der Waals surface area (Å²) in [6, 6.07) is 0. The van der Waals surface area contributed by atoms with E-state index in [-0.39, 0.29) is 5.95 Å². The van der Waals surface area contributed by atoms with Crippen LogP contribution in [0.5, 0.6) is 5.75 Å². The van der Waals surface area contributed by atoms with Gasteiger partial charge in [0.2, 0.25) is 5.95 Å². The number of hydrogen-bond acceptors (Lipinski definition) is 6. The predicted molar refractivity (Wildman–Crippen MR) is 98.1 cm³/mol. The van der Waals surface area contributed by atoms with E-state index in [1.807, 2.05) is 13.8 Å². The fourth-order valence-electron chi connectivity index (χ4n) is 3.01. The van der Waals surface area contributed by atoms with Gasteiger partial charge in [0, 0.05) is 17.3 Å². The van der Waals surface area contributed by atoms with Crippen molar-refractivity contribution in [1.29, 1.82) is 0 Å². The normalized spacial score (nSPS) is 11.2. The maximum atomic E-state index is 6.30. The number of halogens is 1. The summed E-state index contributed by atoms with van der Waals surface area (Å²) in [5.74, 6) is 0.968. The van der Waals surface area contributed by atoms with E-state index in [2.05, 4.69) is 27.0 Å². The number of aromatic nitrogens is 5. The Balaban J connectivity index is 2.14. The molecule has 7 nitrogen and oxygen atoms in total. The highest BCUT2D eigenvalue weighted by Crippen LogP contribution is 2.28. The van der Waals surface area contributed by atoms with Gasteiger partial charge in [0.1, 0.15) is 10.9 Å². The largest absolute Gasteiger partial charge is 0.496 e. The van der Waals surface area contributed by atoms with Crippen LogP contribution in [0.3, 0.4) is 0 Å². The highest BCUT2D eigenvalue weighted by Gasteiger charge is 2.18. The Bertz CT molecular complexity index is 937. The second kappa shape index (κ2) is 6.84. The van der Waals surface area contributed by atoms with E-state index in [9.17, 15) is 0 Å². The lowest BCUT2D eigenvalue weighted by atomic mass is 10.1. The Morgan fingerprint density at radius 3 is 2.68 bits per heavy atom. The molecule has 132 valence electrons. The van der Waals surface area contributed by atoms with Crippen molar-refractivity contribution in [2.24, 2.45) is 0 Å². The molecule has 0 unspecified atom stereocenters. The summed E-state index contributed by atoms with van der Waals surface area (Å²) in [4.78, 5) is 13.0. The van der Waals surface area contributed by atoms with Crippen molar-refractivity contribution in [2.75, 3.05) is 12.8 Å². The van der Waals surface area contributed by atoms with Gasteiger partial charge in [-0.05, 0) is 20.3 Å². The average molecular weight is 361 g/mol. The number of nitrogen functional groups attached to an aromatic ring is 1. The first kappa shape index (κ1) is 17.4. The lowest BCUT2D eigenvalue weighted by Gasteiger charge is -2.12. The molecule has 25 heavy (non-hydrogen) atoms. The van der Waals surface area contributed by atoms with E-state index >= 15 is 0 Å². The summed E-state index contributed by atoms with van der Waals surface area (Å²) in [6.45, 7) is 6.50. The Morgan fingerprint density at radius 2 is 2.00 bits per heavy atom. The number of fused-ring (bicyclic) bond motifs is 1. The molecule has 0 fully saturated rings. The van der Waals surface area contributed by atoms with Gasteiger partial charge in [-0.25, -0.2) is 9.67 Å². The molecule has 0 aliphatic carbocycles. The number of pyridine rings is 1. The monoisotopic (exact) mass is 360 g/mol. The van der Waals surface area contributed by atoms with E-state index in [0.29, 0.717) is 17.3 Å². The van der Waals surface area contributed by atoms with E-state index < -0.39 is 0 Å². The predicted octanol–water partition coefficient (Wildman–Crippen LogP) is 3.08. The Morgan fingerprint density at radius 1 is 1.24 bits per heavy atom. The number of anilines is 1. The smallest absolute Gasteiger partial charge is 0.223 e. The van der Waals surface area contributed by atoms with Crippen molar-refractivity contribution < 1.29 is 4.74 Å². The lowest BCUT2D eigenvalue weighted by Crippen LogP contribution is -2.09. The molecule has 3 aromatic heterocycles. The number of methoxy groups -OCH3 is 1. The SMILES string of the molecule is CCCc1nn(Cc2ncc(C)c(OC)c2C)c2nc(N)nc(Cl)c12. The van der Waals surface area contributed by atoms with Gasteiger partial charge in [-0.1, -0.05) is 24.9 Å². The van der Waals surface area contributed by atoms with Crippen LogP contribution >= 0.6 is 11.6 Å². The minimum atomic E-state index is 0.132. The summed E-state index contributed by atoms with van der Waals surface area (Å²) in [6.07, 6.45) is 3.54. The summed E-state index contributed by atoms with van der Waals surface area (Å²) < 4.78 is 7.27. The molecule has 0 bridgehead atoms. The van der Waals surface area contributed by atoms with Crippen LogP contribution in [0.15, 0.2) is 6.20 Å². The first-order valence-electron chi connectivity index (χ1n) is 8.13. The van der Waals surface area contributed by atoms with E-state index in [0.717, 1.165) is 46.5 Å². The van der Waals surface area contributed by atoms with Gasteiger partial charge in [0.25, 0.3) is 0 Å². The lowest BCUT2D eigenvalue weighted by molar-refractivity contribution is 0.406. The average Bonchev–Trinajstić information content (AvgIpc) is 2.89. The van der Waals surface area contributed by atoms with Crippen LogP contribution in [0, 0.1) is 13.8 Å². The molecule has 0 atom stereocenters. The maximum Gasteiger partial charge on any atom is 0.223 e. The van der Waals surface area contributed by atoms with E-state index in [1.165, 1.54) is 0 Å². The molecule has 0 aliphatic rings. The Labute approximate surface area is 151 Å². The first-order valence-corrected chi connectivity index (χ1v) is 8.51. The van der Waals surface area contributed by atoms with Crippen LogP contribution in [0.1, 0.15) is 35.9 Å². The van der Waals surface area contributed by atoms with Crippen LogP contribution in [0.2, 0.25) is 5.15 Å². The zero-order valence-corrected chi connectivity index (χ0v) is 15.6. The zero-order valence-electron chi connectivity index (χ0n) is 14.8. The Kier molecular flexibility index (Phi) is 4.76. The second-order valence-electron chi connectivity index (χ2n) is 5.97. The third-order valence-electron chi connectivity index (χ3n) is 4.17. The molecule has 0 saturated carbocycles. The van der Waals surface area contributed by atoms with Crippen molar-refractivity contribution in [2.45, 2.75) is 40.2 Å². The zero-order chi connectivity index (χ0) is 18.1. The summed E-state index contributed by atoms with van der Waals surface area (Å²) in [5, 5.41) is 5.78. The molecule has 0 aliphatic heterocycles. The number of aryl methyl sites for hydroxylation is 2. The minimum Gasteiger partial charge on any atom is -0.496 e. The standard InChI is InChI=1S/C17H21ClN6O/c1-5-6-11-13-15(18)21-17(19)22-16(13)24(23-11)8-12-10(3)14(25-4)9(2)7-20-12/h7H,5-6,8H2,1-4H3,(H2,19,21,22). The minimum absolute atomic E-state index is 0.132. The third-order valence-corrected chi connectivity index (χ3v) is 4.45. The molecule has 8 heteroatoms. The number of rotatable bonds is 5. The van der Waals surface area contributed by atoms with Crippen LogP contribution in [0.4, 0.5) is 5.95 Å².